The SMILES string of the molecule is NCc1ccc(S(=O)(=O)Nc2ccc(Cl)cc2I)c(F)c1. The Bertz CT molecular complexity index is 784. The normalized spacial score (nSPS) is 11.4. The second-order valence-electron chi connectivity index (χ2n) is 4.20. The number of sulfonamides is 1. The van der Waals surface area contributed by atoms with Gasteiger partial charge in [-0.1, -0.05) is 17.7 Å². The highest BCUT2D eigenvalue weighted by Gasteiger charge is 2.20. The van der Waals surface area contributed by atoms with Gasteiger partial charge in [0.2, 0.25) is 0 Å². The molecule has 0 amide bonds. The molecule has 0 saturated heterocycles. The van der Waals surface area contributed by atoms with Crippen molar-refractivity contribution in [2.75, 3.05) is 4.72 Å². The molecule has 112 valence electrons. The highest BCUT2D eigenvalue weighted by atomic mass is 127. The van der Waals surface area contributed by atoms with Crippen molar-refractivity contribution in [2.24, 2.45) is 5.73 Å². The Morgan fingerprint density at radius 3 is 2.52 bits per heavy atom. The molecule has 0 radical (unpaired) electrons. The van der Waals surface area contributed by atoms with Gasteiger partial charge in [0.25, 0.3) is 10.0 Å². The molecule has 0 aliphatic carbocycles. The minimum Gasteiger partial charge on any atom is -0.326 e. The molecule has 3 N–H and O–H groups in total. The summed E-state index contributed by atoms with van der Waals surface area (Å²) in [4.78, 5) is -0.426. The van der Waals surface area contributed by atoms with Crippen LogP contribution in [0.15, 0.2) is 41.3 Å². The van der Waals surface area contributed by atoms with Crippen LogP contribution in [0.25, 0.3) is 0 Å². The smallest absolute Gasteiger partial charge is 0.264 e. The van der Waals surface area contributed by atoms with Crippen LogP contribution < -0.4 is 10.5 Å². The molecule has 0 fully saturated rings. The molecule has 2 rings (SSSR count). The molecule has 0 saturated carbocycles. The number of hydrogen-bond acceptors (Lipinski definition) is 3. The van der Waals surface area contributed by atoms with E-state index in [2.05, 4.69) is 4.72 Å². The summed E-state index contributed by atoms with van der Waals surface area (Å²) in [6, 6.07) is 8.46. The second kappa shape index (κ2) is 6.47. The van der Waals surface area contributed by atoms with Crippen LogP contribution in [-0.2, 0) is 16.6 Å². The first-order valence-electron chi connectivity index (χ1n) is 5.80. The van der Waals surface area contributed by atoms with Gasteiger partial charge in [0.15, 0.2) is 0 Å². The molecular formula is C13H11ClFIN2O2S. The number of nitrogens with one attached hydrogen (secondary N) is 1. The zero-order valence-electron chi connectivity index (χ0n) is 10.6. The average molecular weight is 441 g/mol. The van der Waals surface area contributed by atoms with Gasteiger partial charge in [0.05, 0.1) is 5.69 Å². The third-order valence-electron chi connectivity index (χ3n) is 2.70. The van der Waals surface area contributed by atoms with Gasteiger partial charge >= 0.3 is 0 Å². The van der Waals surface area contributed by atoms with E-state index >= 15 is 0 Å². The van der Waals surface area contributed by atoms with Crippen molar-refractivity contribution < 1.29 is 12.8 Å². The summed E-state index contributed by atoms with van der Waals surface area (Å²) in [7, 11) is -4.02. The molecule has 0 unspecified atom stereocenters. The zero-order chi connectivity index (χ0) is 15.6. The molecule has 0 aromatic heterocycles. The molecule has 2 aromatic rings. The number of hydrogen-bond donors (Lipinski definition) is 2. The van der Waals surface area contributed by atoms with Crippen molar-refractivity contribution in [3.63, 3.8) is 0 Å². The van der Waals surface area contributed by atoms with Crippen molar-refractivity contribution in [3.05, 3.63) is 56.4 Å². The summed E-state index contributed by atoms with van der Waals surface area (Å²) in [6.07, 6.45) is 0. The molecule has 0 heterocycles. The lowest BCUT2D eigenvalue weighted by Gasteiger charge is -2.11. The van der Waals surface area contributed by atoms with Crippen LogP contribution in [-0.4, -0.2) is 8.42 Å². The molecule has 0 spiro atoms. The third kappa shape index (κ3) is 3.85. The van der Waals surface area contributed by atoms with E-state index in [1.165, 1.54) is 18.2 Å². The summed E-state index contributed by atoms with van der Waals surface area (Å²) < 4.78 is 41.3. The molecular weight excluding hydrogens is 430 g/mol. The Kier molecular flexibility index (Phi) is 5.07. The lowest BCUT2D eigenvalue weighted by atomic mass is 10.2. The first-order chi connectivity index (χ1) is 9.83. The first-order valence-corrected chi connectivity index (χ1v) is 8.74. The van der Waals surface area contributed by atoms with E-state index in [1.807, 2.05) is 22.6 Å². The van der Waals surface area contributed by atoms with Crippen LogP contribution in [0.3, 0.4) is 0 Å². The summed E-state index contributed by atoms with van der Waals surface area (Å²) in [6.45, 7) is 0.139. The zero-order valence-corrected chi connectivity index (χ0v) is 14.3. The fraction of sp³-hybridized carbons (Fsp3) is 0.0769. The lowest BCUT2D eigenvalue weighted by Crippen LogP contribution is -2.15. The summed E-state index contributed by atoms with van der Waals surface area (Å²) in [5, 5.41) is 0.487. The van der Waals surface area contributed by atoms with Crippen LogP contribution in [0.2, 0.25) is 5.02 Å². The largest absolute Gasteiger partial charge is 0.326 e. The number of rotatable bonds is 4. The van der Waals surface area contributed by atoms with Crippen LogP contribution in [0.1, 0.15) is 5.56 Å². The van der Waals surface area contributed by atoms with Gasteiger partial charge in [-0.05, 0) is 58.5 Å². The van der Waals surface area contributed by atoms with Crippen LogP contribution in [0, 0.1) is 9.39 Å². The highest BCUT2D eigenvalue weighted by Crippen LogP contribution is 2.26. The standard InChI is InChI=1S/C13H11ClFIN2O2S/c14-9-2-3-12(11(16)6-9)18-21(19,20)13-4-1-8(7-17)5-10(13)15/h1-6,18H,7,17H2. The van der Waals surface area contributed by atoms with E-state index in [0.29, 0.717) is 19.8 Å². The summed E-state index contributed by atoms with van der Waals surface area (Å²) >= 11 is 7.75. The topological polar surface area (TPSA) is 72.2 Å². The Morgan fingerprint density at radius 1 is 1.24 bits per heavy atom. The number of anilines is 1. The van der Waals surface area contributed by atoms with Gasteiger partial charge < -0.3 is 5.73 Å². The number of nitrogens with two attached hydrogens (primary N) is 1. The average Bonchev–Trinajstić information content (AvgIpc) is 2.41. The molecule has 0 aliphatic heterocycles. The molecule has 0 atom stereocenters. The van der Waals surface area contributed by atoms with Crippen molar-refractivity contribution in [1.29, 1.82) is 0 Å². The van der Waals surface area contributed by atoms with E-state index in [9.17, 15) is 12.8 Å². The molecule has 2 aromatic carbocycles. The van der Waals surface area contributed by atoms with Gasteiger partial charge in [-0.15, -0.1) is 0 Å². The Balaban J connectivity index is 2.38. The third-order valence-corrected chi connectivity index (χ3v) is 5.22. The summed E-state index contributed by atoms with van der Waals surface area (Å²) in [5.41, 5.74) is 6.25. The minimum atomic E-state index is -4.02. The van der Waals surface area contributed by atoms with Crippen molar-refractivity contribution >= 4 is 49.9 Å². The van der Waals surface area contributed by atoms with Crippen LogP contribution in [0.4, 0.5) is 10.1 Å². The quantitative estimate of drug-likeness (QED) is 0.716. The van der Waals surface area contributed by atoms with Gasteiger partial charge in [-0.2, -0.15) is 0 Å². The van der Waals surface area contributed by atoms with E-state index in [0.717, 1.165) is 6.07 Å². The Labute approximate surface area is 140 Å². The van der Waals surface area contributed by atoms with Crippen molar-refractivity contribution in [1.82, 2.24) is 0 Å². The van der Waals surface area contributed by atoms with Crippen LogP contribution >= 0.6 is 34.2 Å². The maximum absolute atomic E-state index is 13.9. The molecule has 0 bridgehead atoms. The second-order valence-corrected chi connectivity index (χ2v) is 7.45. The molecule has 8 heteroatoms. The monoisotopic (exact) mass is 440 g/mol. The van der Waals surface area contributed by atoms with Gasteiger partial charge in [-0.3, -0.25) is 4.72 Å². The Hall–Kier alpha value is -0.900. The van der Waals surface area contributed by atoms with Crippen LogP contribution in [0.5, 0.6) is 0 Å². The maximum atomic E-state index is 13.9. The van der Waals surface area contributed by atoms with E-state index < -0.39 is 20.7 Å². The Morgan fingerprint density at radius 2 is 1.95 bits per heavy atom. The number of benzene rings is 2. The highest BCUT2D eigenvalue weighted by molar-refractivity contribution is 14.1. The van der Waals surface area contributed by atoms with Gasteiger partial charge in [0, 0.05) is 15.1 Å². The van der Waals surface area contributed by atoms with Crippen molar-refractivity contribution in [2.45, 2.75) is 11.4 Å². The fourth-order valence-electron chi connectivity index (χ4n) is 1.66. The molecule has 0 aliphatic rings. The van der Waals surface area contributed by atoms with Gasteiger partial charge in [-0.25, -0.2) is 12.8 Å². The minimum absolute atomic E-state index is 0.139. The lowest BCUT2D eigenvalue weighted by molar-refractivity contribution is 0.569. The predicted molar refractivity (Wildman–Crippen MR) is 89.3 cm³/mol. The van der Waals surface area contributed by atoms with E-state index in [-0.39, 0.29) is 6.54 Å². The summed E-state index contributed by atoms with van der Waals surface area (Å²) in [5.74, 6) is -0.838. The van der Waals surface area contributed by atoms with Crippen molar-refractivity contribution in [3.8, 4) is 0 Å². The van der Waals surface area contributed by atoms with Gasteiger partial charge in [0.1, 0.15) is 10.7 Å². The molecule has 21 heavy (non-hydrogen) atoms. The number of halogens is 3. The predicted octanol–water partition coefficient (Wildman–Crippen LogP) is 3.34. The fourth-order valence-corrected chi connectivity index (χ4v) is 3.99. The van der Waals surface area contributed by atoms with E-state index in [4.69, 9.17) is 17.3 Å². The first kappa shape index (κ1) is 16.5. The maximum Gasteiger partial charge on any atom is 0.264 e. The molecule has 4 nitrogen and oxygen atoms in total. The van der Waals surface area contributed by atoms with E-state index in [1.54, 1.807) is 12.1 Å².